The van der Waals surface area contributed by atoms with Crippen LogP contribution in [0.3, 0.4) is 0 Å². The lowest BCUT2D eigenvalue weighted by Gasteiger charge is -2.45. The standard InChI is InChI=1S/C29H34N4O5S/c1-17(2)11-22-16-38-26-15-25(27-18(3)7-5-8-19(27)4)30-29(31-26)32-39(36,37)24-10-6-9-20(12-24)28(35)33(22)21-13-23(34)14-21/h5-10,12,15,17,21-23,34H,11,13-14,16H2,1-4H3,(H,30,31,32)/t21-,22-,23+/m1/s1. The molecule has 10 heteroatoms. The van der Waals surface area contributed by atoms with Gasteiger partial charge in [-0.1, -0.05) is 38.1 Å². The van der Waals surface area contributed by atoms with Gasteiger partial charge in [0.15, 0.2) is 0 Å². The molecule has 1 aromatic heterocycles. The van der Waals surface area contributed by atoms with Crippen LogP contribution in [0, 0.1) is 19.8 Å². The molecule has 1 atom stereocenters. The minimum absolute atomic E-state index is 0.0647. The van der Waals surface area contributed by atoms with Gasteiger partial charge in [-0.3, -0.25) is 4.79 Å². The SMILES string of the molecule is Cc1cccc(C)c1-c1cc2nc(n1)NS(=O)(=O)c1cccc(c1)C(=O)N([C@H]1C[C@@H](O)C1)[C@H](CC(C)C)CO2. The second kappa shape index (κ2) is 10.6. The number of fused-ring (bicyclic) bond motifs is 4. The van der Waals surface area contributed by atoms with Gasteiger partial charge in [0.1, 0.15) is 6.61 Å². The van der Waals surface area contributed by atoms with E-state index in [0.717, 1.165) is 16.7 Å². The van der Waals surface area contributed by atoms with Crippen LogP contribution >= 0.6 is 0 Å². The fourth-order valence-electron chi connectivity index (χ4n) is 5.42. The summed E-state index contributed by atoms with van der Waals surface area (Å²) in [6.07, 6.45) is 1.13. The average Bonchev–Trinajstić information content (AvgIpc) is 2.85. The Kier molecular flexibility index (Phi) is 7.35. The van der Waals surface area contributed by atoms with E-state index in [0.29, 0.717) is 25.0 Å². The van der Waals surface area contributed by atoms with E-state index in [1.165, 1.54) is 12.1 Å². The van der Waals surface area contributed by atoms with Crippen LogP contribution in [0.4, 0.5) is 5.95 Å². The molecule has 39 heavy (non-hydrogen) atoms. The molecule has 2 heterocycles. The molecule has 1 amide bonds. The van der Waals surface area contributed by atoms with E-state index in [9.17, 15) is 18.3 Å². The third-order valence-corrected chi connectivity index (χ3v) is 8.66. The van der Waals surface area contributed by atoms with Gasteiger partial charge < -0.3 is 14.7 Å². The third kappa shape index (κ3) is 5.62. The molecule has 0 spiro atoms. The number of aliphatic hydroxyl groups is 1. The predicted octanol–water partition coefficient (Wildman–Crippen LogP) is 4.33. The van der Waals surface area contributed by atoms with Crippen LogP contribution in [-0.4, -0.2) is 59.1 Å². The Bertz CT molecular complexity index is 1480. The first kappa shape index (κ1) is 27.1. The highest BCUT2D eigenvalue weighted by molar-refractivity contribution is 7.92. The summed E-state index contributed by atoms with van der Waals surface area (Å²) in [5, 5.41) is 10.1. The van der Waals surface area contributed by atoms with Crippen LogP contribution in [0.15, 0.2) is 53.4 Å². The van der Waals surface area contributed by atoms with Gasteiger partial charge >= 0.3 is 0 Å². The van der Waals surface area contributed by atoms with Gasteiger partial charge in [0, 0.05) is 23.2 Å². The number of sulfonamides is 1. The zero-order valence-corrected chi connectivity index (χ0v) is 23.4. The Labute approximate surface area is 229 Å². The molecule has 5 rings (SSSR count). The van der Waals surface area contributed by atoms with E-state index < -0.39 is 16.1 Å². The van der Waals surface area contributed by atoms with Crippen LogP contribution in [0.5, 0.6) is 5.88 Å². The molecule has 2 aliphatic rings. The summed E-state index contributed by atoms with van der Waals surface area (Å²) in [5.74, 6) is 0.0715. The fourth-order valence-corrected chi connectivity index (χ4v) is 6.41. The van der Waals surface area contributed by atoms with Crippen molar-refractivity contribution < 1.29 is 23.1 Å². The normalized spacial score (nSPS) is 22.6. The Morgan fingerprint density at radius 1 is 1.08 bits per heavy atom. The Hall–Kier alpha value is -3.50. The number of rotatable bonds is 4. The van der Waals surface area contributed by atoms with Crippen LogP contribution in [0.25, 0.3) is 11.3 Å². The van der Waals surface area contributed by atoms with E-state index in [2.05, 4.69) is 28.5 Å². The van der Waals surface area contributed by atoms with Crippen molar-refractivity contribution in [2.75, 3.05) is 11.3 Å². The van der Waals surface area contributed by atoms with Crippen LogP contribution in [-0.2, 0) is 10.0 Å². The summed E-state index contributed by atoms with van der Waals surface area (Å²) in [6.45, 7) is 8.26. The second-order valence-corrected chi connectivity index (χ2v) is 12.6. The number of aryl methyl sites for hydroxylation is 2. The Morgan fingerprint density at radius 3 is 2.44 bits per heavy atom. The molecule has 2 N–H and O–H groups in total. The molecule has 2 aromatic carbocycles. The summed E-state index contributed by atoms with van der Waals surface area (Å²) in [5.41, 5.74) is 3.63. The van der Waals surface area contributed by atoms with E-state index in [-0.39, 0.29) is 52.8 Å². The number of hydrogen-bond donors (Lipinski definition) is 2. The van der Waals surface area contributed by atoms with E-state index >= 15 is 0 Å². The molecule has 4 bridgehead atoms. The predicted molar refractivity (Wildman–Crippen MR) is 148 cm³/mol. The number of amides is 1. The van der Waals surface area contributed by atoms with Crippen molar-refractivity contribution in [2.45, 2.75) is 70.0 Å². The molecule has 3 aromatic rings. The molecular formula is C29H34N4O5S. The maximum Gasteiger partial charge on any atom is 0.264 e. The minimum Gasteiger partial charge on any atom is -0.475 e. The number of nitrogens with one attached hydrogen (secondary N) is 1. The van der Waals surface area contributed by atoms with Crippen molar-refractivity contribution in [2.24, 2.45) is 5.92 Å². The van der Waals surface area contributed by atoms with Gasteiger partial charge in [0.25, 0.3) is 15.9 Å². The van der Waals surface area contributed by atoms with E-state index in [1.807, 2.05) is 32.0 Å². The summed E-state index contributed by atoms with van der Waals surface area (Å²) in [6, 6.07) is 13.1. The first-order valence-electron chi connectivity index (χ1n) is 13.2. The highest BCUT2D eigenvalue weighted by Gasteiger charge is 2.40. The summed E-state index contributed by atoms with van der Waals surface area (Å²) in [4.78, 5) is 24.6. The van der Waals surface area contributed by atoms with E-state index in [4.69, 9.17) is 4.74 Å². The molecule has 1 fully saturated rings. The van der Waals surface area contributed by atoms with Gasteiger partial charge in [-0.2, -0.15) is 4.98 Å². The number of carbonyl (C=O) groups excluding carboxylic acids is 1. The van der Waals surface area contributed by atoms with Gasteiger partial charge in [0.2, 0.25) is 11.8 Å². The summed E-state index contributed by atoms with van der Waals surface area (Å²) < 4.78 is 35.5. The van der Waals surface area contributed by atoms with Gasteiger partial charge in [-0.05, 0) is 68.4 Å². The van der Waals surface area contributed by atoms with Gasteiger partial charge in [-0.15, -0.1) is 0 Å². The monoisotopic (exact) mass is 550 g/mol. The first-order chi connectivity index (χ1) is 18.5. The number of aromatic nitrogens is 2. The maximum atomic E-state index is 13.9. The maximum absolute atomic E-state index is 13.9. The zero-order valence-electron chi connectivity index (χ0n) is 22.6. The summed E-state index contributed by atoms with van der Waals surface area (Å²) in [7, 11) is -4.11. The lowest BCUT2D eigenvalue weighted by molar-refractivity contribution is -0.0195. The average molecular weight is 551 g/mol. The fraction of sp³-hybridized carbons (Fsp3) is 0.414. The molecule has 1 aliphatic heterocycles. The molecule has 0 unspecified atom stereocenters. The zero-order chi connectivity index (χ0) is 27.9. The highest BCUT2D eigenvalue weighted by atomic mass is 32.2. The van der Waals surface area contributed by atoms with Gasteiger partial charge in [0.05, 0.1) is 22.7 Å². The van der Waals surface area contributed by atoms with Crippen LogP contribution < -0.4 is 9.46 Å². The second-order valence-electron chi connectivity index (χ2n) is 10.9. The largest absolute Gasteiger partial charge is 0.475 e. The van der Waals surface area contributed by atoms with Crippen molar-refractivity contribution in [3.63, 3.8) is 0 Å². The lowest BCUT2D eigenvalue weighted by Crippen LogP contribution is -2.56. The molecule has 206 valence electrons. The Balaban J connectivity index is 1.66. The topological polar surface area (TPSA) is 122 Å². The molecule has 9 nitrogen and oxygen atoms in total. The number of ether oxygens (including phenoxy) is 1. The molecule has 0 saturated heterocycles. The molecule has 0 radical (unpaired) electrons. The van der Waals surface area contributed by atoms with Crippen molar-refractivity contribution in [1.82, 2.24) is 14.9 Å². The third-order valence-electron chi connectivity index (χ3n) is 7.33. The smallest absolute Gasteiger partial charge is 0.264 e. The number of aliphatic hydroxyl groups excluding tert-OH is 1. The van der Waals surface area contributed by atoms with Crippen molar-refractivity contribution in [3.05, 3.63) is 65.2 Å². The van der Waals surface area contributed by atoms with Crippen molar-refractivity contribution in [3.8, 4) is 17.1 Å². The molecule has 1 saturated carbocycles. The van der Waals surface area contributed by atoms with Crippen molar-refractivity contribution >= 4 is 21.9 Å². The van der Waals surface area contributed by atoms with Gasteiger partial charge in [-0.25, -0.2) is 18.1 Å². The highest BCUT2D eigenvalue weighted by Crippen LogP contribution is 2.33. The number of benzene rings is 2. The first-order valence-corrected chi connectivity index (χ1v) is 14.7. The van der Waals surface area contributed by atoms with E-state index in [1.54, 1.807) is 23.1 Å². The number of carbonyl (C=O) groups is 1. The van der Waals surface area contributed by atoms with Crippen molar-refractivity contribution in [1.29, 1.82) is 0 Å². The quantitative estimate of drug-likeness (QED) is 0.496. The number of hydrogen-bond acceptors (Lipinski definition) is 7. The number of anilines is 1. The van der Waals surface area contributed by atoms with Crippen LogP contribution in [0.2, 0.25) is 0 Å². The summed E-state index contributed by atoms with van der Waals surface area (Å²) >= 11 is 0. The Morgan fingerprint density at radius 2 is 1.77 bits per heavy atom. The molecule has 1 aliphatic carbocycles. The lowest BCUT2D eigenvalue weighted by atomic mass is 9.85. The van der Waals surface area contributed by atoms with Crippen LogP contribution in [0.1, 0.15) is 54.6 Å². The number of nitrogens with zero attached hydrogens (tertiary/aromatic N) is 3. The minimum atomic E-state index is -4.11. The molecular weight excluding hydrogens is 516 g/mol.